The zero-order chi connectivity index (χ0) is 18.5. The van der Waals surface area contributed by atoms with Gasteiger partial charge >= 0.3 is 12.1 Å². The number of benzene rings is 2. The molecule has 0 aromatic heterocycles. The van der Waals surface area contributed by atoms with Gasteiger partial charge in [0, 0.05) is 10.9 Å². The Morgan fingerprint density at radius 3 is 2.12 bits per heavy atom. The summed E-state index contributed by atoms with van der Waals surface area (Å²) in [6, 6.07) is 9.36. The summed E-state index contributed by atoms with van der Waals surface area (Å²) in [4.78, 5) is 8.90. The van der Waals surface area contributed by atoms with Crippen LogP contribution in [-0.2, 0) is 4.79 Å². The number of aliphatic carboxylic acids is 1. The Kier molecular flexibility index (Phi) is 5.99. The second-order valence-corrected chi connectivity index (χ2v) is 4.45. The Labute approximate surface area is 135 Å². The molecule has 6 nitrogen and oxygen atoms in total. The minimum Gasteiger partial charge on any atom is -0.493 e. The molecule has 0 spiro atoms. The van der Waals surface area contributed by atoms with Crippen LogP contribution in [-0.4, -0.2) is 37.3 Å². The van der Waals surface area contributed by atoms with E-state index < -0.39 is 12.1 Å². The molecule has 9 heteroatoms. The van der Waals surface area contributed by atoms with E-state index in [9.17, 15) is 13.2 Å². The highest BCUT2D eigenvalue weighted by Crippen LogP contribution is 2.35. The quantitative estimate of drug-likeness (QED) is 0.586. The van der Waals surface area contributed by atoms with E-state index in [1.165, 1.54) is 0 Å². The molecule has 2 aromatic carbocycles. The van der Waals surface area contributed by atoms with Gasteiger partial charge < -0.3 is 20.3 Å². The number of nitrogens with one attached hydrogen (secondary N) is 1. The van der Waals surface area contributed by atoms with Gasteiger partial charge in [-0.15, -0.1) is 0 Å². The fourth-order valence-corrected chi connectivity index (χ4v) is 1.81. The topological polar surface area (TPSA) is 106 Å². The summed E-state index contributed by atoms with van der Waals surface area (Å²) >= 11 is 0. The predicted octanol–water partition coefficient (Wildman–Crippen LogP) is 2.77. The highest BCUT2D eigenvalue weighted by molar-refractivity contribution is 6.01. The lowest BCUT2D eigenvalue weighted by atomic mass is 10.1. The van der Waals surface area contributed by atoms with Crippen LogP contribution in [0.4, 0.5) is 13.2 Å². The average molecular weight is 344 g/mol. The van der Waals surface area contributed by atoms with Crippen molar-refractivity contribution in [2.75, 3.05) is 14.2 Å². The van der Waals surface area contributed by atoms with Crippen LogP contribution in [0.15, 0.2) is 30.3 Å². The SMILES string of the molecule is COc1ccc2ccc(C(=N)N)cc2c1OC.O=C(O)C(F)(F)F. The lowest BCUT2D eigenvalue weighted by Gasteiger charge is -2.11. The highest BCUT2D eigenvalue weighted by atomic mass is 19.4. The summed E-state index contributed by atoms with van der Waals surface area (Å²) in [5.74, 6) is -1.39. The lowest BCUT2D eigenvalue weighted by molar-refractivity contribution is -0.192. The van der Waals surface area contributed by atoms with Crippen molar-refractivity contribution in [1.29, 1.82) is 5.41 Å². The van der Waals surface area contributed by atoms with Crippen LogP contribution in [0.5, 0.6) is 11.5 Å². The van der Waals surface area contributed by atoms with E-state index in [0.717, 1.165) is 10.8 Å². The first-order valence-corrected chi connectivity index (χ1v) is 6.41. The van der Waals surface area contributed by atoms with Crippen LogP contribution in [0.2, 0.25) is 0 Å². The molecular weight excluding hydrogens is 329 g/mol. The minimum atomic E-state index is -5.08. The van der Waals surface area contributed by atoms with Crippen LogP contribution >= 0.6 is 0 Å². The summed E-state index contributed by atoms with van der Waals surface area (Å²) in [5, 5.41) is 16.5. The Morgan fingerprint density at radius 2 is 1.71 bits per heavy atom. The molecule has 0 saturated carbocycles. The van der Waals surface area contributed by atoms with Gasteiger partial charge in [0.05, 0.1) is 14.2 Å². The average Bonchev–Trinajstić information content (AvgIpc) is 2.52. The molecule has 0 aliphatic carbocycles. The fourth-order valence-electron chi connectivity index (χ4n) is 1.81. The Bertz CT molecular complexity index is 760. The largest absolute Gasteiger partial charge is 0.493 e. The second kappa shape index (κ2) is 7.53. The fraction of sp³-hybridized carbons (Fsp3) is 0.200. The number of nitrogen functional groups attached to an aromatic ring is 1. The number of hydrogen-bond acceptors (Lipinski definition) is 4. The Hall–Kier alpha value is -2.97. The first-order valence-electron chi connectivity index (χ1n) is 6.41. The van der Waals surface area contributed by atoms with Crippen molar-refractivity contribution >= 4 is 22.6 Å². The van der Waals surface area contributed by atoms with Crippen LogP contribution in [0.3, 0.4) is 0 Å². The van der Waals surface area contributed by atoms with Crippen molar-refractivity contribution in [3.63, 3.8) is 0 Å². The van der Waals surface area contributed by atoms with Crippen molar-refractivity contribution in [2.24, 2.45) is 5.73 Å². The van der Waals surface area contributed by atoms with Crippen molar-refractivity contribution in [1.82, 2.24) is 0 Å². The molecule has 24 heavy (non-hydrogen) atoms. The number of hydrogen-bond donors (Lipinski definition) is 3. The summed E-state index contributed by atoms with van der Waals surface area (Å²) in [6.07, 6.45) is -5.08. The molecule has 0 aliphatic rings. The molecule has 2 rings (SSSR count). The summed E-state index contributed by atoms with van der Waals surface area (Å²) in [7, 11) is 3.19. The Morgan fingerprint density at radius 1 is 1.17 bits per heavy atom. The van der Waals surface area contributed by atoms with Crippen LogP contribution in [0.1, 0.15) is 5.56 Å². The third-order valence-electron chi connectivity index (χ3n) is 2.91. The van der Waals surface area contributed by atoms with Gasteiger partial charge in [-0.3, -0.25) is 5.41 Å². The van der Waals surface area contributed by atoms with E-state index in [0.29, 0.717) is 17.1 Å². The van der Waals surface area contributed by atoms with Crippen molar-refractivity contribution in [3.8, 4) is 11.5 Å². The smallest absolute Gasteiger partial charge is 0.490 e. The van der Waals surface area contributed by atoms with E-state index in [4.69, 9.17) is 30.5 Å². The highest BCUT2D eigenvalue weighted by Gasteiger charge is 2.38. The molecule has 0 heterocycles. The van der Waals surface area contributed by atoms with Crippen molar-refractivity contribution in [2.45, 2.75) is 6.18 Å². The molecule has 0 radical (unpaired) electrons. The molecule has 130 valence electrons. The first-order chi connectivity index (χ1) is 11.1. The number of methoxy groups -OCH3 is 2. The number of nitrogens with two attached hydrogens (primary N) is 1. The number of alkyl halides is 3. The number of fused-ring (bicyclic) bond motifs is 1. The van der Waals surface area contributed by atoms with Gasteiger partial charge in [0.2, 0.25) is 0 Å². The standard InChI is InChI=1S/C13H14N2O2.C2HF3O2/c1-16-11-6-5-8-3-4-9(13(14)15)7-10(8)12(11)17-2;3-2(4,5)1(6)7/h3-7H,1-2H3,(H3,14,15);(H,6,7). The molecule has 0 atom stereocenters. The third kappa shape index (κ3) is 4.51. The lowest BCUT2D eigenvalue weighted by Crippen LogP contribution is -2.21. The zero-order valence-corrected chi connectivity index (χ0v) is 12.8. The molecule has 0 bridgehead atoms. The monoisotopic (exact) mass is 344 g/mol. The predicted molar refractivity (Wildman–Crippen MR) is 81.8 cm³/mol. The molecule has 0 saturated heterocycles. The molecule has 0 fully saturated rings. The van der Waals surface area contributed by atoms with Gasteiger partial charge in [-0.2, -0.15) is 13.2 Å². The number of halogens is 3. The van der Waals surface area contributed by atoms with Gasteiger partial charge in [-0.1, -0.05) is 18.2 Å². The minimum absolute atomic E-state index is 0.0387. The maximum atomic E-state index is 10.6. The number of carboxylic acids is 1. The maximum absolute atomic E-state index is 10.6. The van der Waals surface area contributed by atoms with E-state index >= 15 is 0 Å². The Balaban J connectivity index is 0.000000351. The normalized spacial score (nSPS) is 10.5. The number of amidine groups is 1. The molecule has 2 aromatic rings. The number of carbonyl (C=O) groups is 1. The van der Waals surface area contributed by atoms with Crippen LogP contribution < -0.4 is 15.2 Å². The molecule has 0 unspecified atom stereocenters. The molecule has 0 amide bonds. The second-order valence-electron chi connectivity index (χ2n) is 4.45. The number of ether oxygens (including phenoxy) is 2. The number of carboxylic acid groups (broad SMARTS) is 1. The van der Waals surface area contributed by atoms with Gasteiger partial charge in [-0.05, 0) is 17.5 Å². The number of rotatable bonds is 3. The van der Waals surface area contributed by atoms with E-state index in [-0.39, 0.29) is 5.84 Å². The van der Waals surface area contributed by atoms with Crippen LogP contribution in [0, 0.1) is 5.41 Å². The molecule has 4 N–H and O–H groups in total. The van der Waals surface area contributed by atoms with E-state index in [1.807, 2.05) is 30.3 Å². The zero-order valence-electron chi connectivity index (χ0n) is 12.8. The van der Waals surface area contributed by atoms with Gasteiger partial charge in [0.25, 0.3) is 0 Å². The van der Waals surface area contributed by atoms with Gasteiger partial charge in [-0.25, -0.2) is 4.79 Å². The third-order valence-corrected chi connectivity index (χ3v) is 2.91. The van der Waals surface area contributed by atoms with E-state index in [1.54, 1.807) is 14.2 Å². The molecule has 0 aliphatic heterocycles. The van der Waals surface area contributed by atoms with Gasteiger partial charge in [0.15, 0.2) is 11.5 Å². The van der Waals surface area contributed by atoms with Crippen molar-refractivity contribution < 1.29 is 32.5 Å². The summed E-state index contributed by atoms with van der Waals surface area (Å²) in [5.41, 5.74) is 6.15. The summed E-state index contributed by atoms with van der Waals surface area (Å²) in [6.45, 7) is 0. The van der Waals surface area contributed by atoms with Gasteiger partial charge in [0.1, 0.15) is 5.84 Å². The maximum Gasteiger partial charge on any atom is 0.490 e. The summed E-state index contributed by atoms with van der Waals surface area (Å²) < 4.78 is 42.3. The first kappa shape index (κ1) is 19.1. The van der Waals surface area contributed by atoms with E-state index in [2.05, 4.69) is 0 Å². The van der Waals surface area contributed by atoms with Crippen LogP contribution in [0.25, 0.3) is 10.8 Å². The molecular formula is C15H15F3N2O4. The van der Waals surface area contributed by atoms with Crippen molar-refractivity contribution in [3.05, 3.63) is 35.9 Å².